The number of alkyl halides is 3. The molecule has 12 heavy (non-hydrogen) atoms. The van der Waals surface area contributed by atoms with Gasteiger partial charge in [0.1, 0.15) is 6.61 Å². The molecule has 1 aliphatic rings. The van der Waals surface area contributed by atoms with E-state index in [0.717, 1.165) is 0 Å². The first-order valence-electron chi connectivity index (χ1n) is 3.64. The molecule has 0 aromatic heterocycles. The van der Waals surface area contributed by atoms with Crippen molar-refractivity contribution in [2.75, 3.05) is 19.7 Å². The Morgan fingerprint density at radius 3 is 2.50 bits per heavy atom. The number of halogens is 3. The van der Waals surface area contributed by atoms with E-state index in [1.165, 1.54) is 0 Å². The number of hydrogen-bond donors (Lipinski definition) is 2. The molecule has 1 saturated heterocycles. The second kappa shape index (κ2) is 3.59. The minimum absolute atomic E-state index is 0.327. The summed E-state index contributed by atoms with van der Waals surface area (Å²) >= 11 is 0. The predicted octanol–water partition coefficient (Wildman–Crippen LogP) is -0.136. The Bertz CT molecular complexity index is 150. The van der Waals surface area contributed by atoms with Gasteiger partial charge in [0.15, 0.2) is 0 Å². The van der Waals surface area contributed by atoms with Crippen molar-refractivity contribution in [3.63, 3.8) is 0 Å². The number of hydrogen-bond acceptors (Lipinski definition) is 3. The molecule has 0 aromatic rings. The average molecular weight is 184 g/mol. The summed E-state index contributed by atoms with van der Waals surface area (Å²) in [4.78, 5) is 0. The van der Waals surface area contributed by atoms with E-state index in [4.69, 9.17) is 5.73 Å². The van der Waals surface area contributed by atoms with Crippen molar-refractivity contribution in [2.24, 2.45) is 5.73 Å². The van der Waals surface area contributed by atoms with E-state index in [0.29, 0.717) is 13.1 Å². The molecule has 2 unspecified atom stereocenters. The minimum Gasteiger partial charge on any atom is -0.366 e. The Morgan fingerprint density at radius 1 is 1.42 bits per heavy atom. The van der Waals surface area contributed by atoms with Crippen LogP contribution in [0, 0.1) is 0 Å². The molecule has 3 N–H and O–H groups in total. The van der Waals surface area contributed by atoms with E-state index in [1.807, 2.05) is 0 Å². The largest absolute Gasteiger partial charge is 0.411 e. The van der Waals surface area contributed by atoms with Crippen LogP contribution in [0.15, 0.2) is 0 Å². The topological polar surface area (TPSA) is 47.3 Å². The molecule has 6 heteroatoms. The molecule has 0 radical (unpaired) electrons. The summed E-state index contributed by atoms with van der Waals surface area (Å²) in [5.41, 5.74) is 5.45. The Labute approximate surface area is 68.1 Å². The van der Waals surface area contributed by atoms with Crippen LogP contribution in [-0.4, -0.2) is 38.0 Å². The number of rotatable bonds is 2. The Hall–Kier alpha value is -0.330. The average Bonchev–Trinajstić information content (AvgIpc) is 2.29. The lowest BCUT2D eigenvalue weighted by atomic mass is 10.2. The summed E-state index contributed by atoms with van der Waals surface area (Å²) in [6.07, 6.45) is -4.77. The van der Waals surface area contributed by atoms with Crippen LogP contribution in [0.2, 0.25) is 0 Å². The normalized spacial score (nSPS) is 31.0. The molecule has 1 aliphatic heterocycles. The third-order valence-electron chi connectivity index (χ3n) is 1.66. The van der Waals surface area contributed by atoms with Crippen molar-refractivity contribution in [1.29, 1.82) is 0 Å². The first-order chi connectivity index (χ1) is 5.49. The van der Waals surface area contributed by atoms with Gasteiger partial charge in [-0.15, -0.1) is 0 Å². The van der Waals surface area contributed by atoms with Crippen molar-refractivity contribution in [3.05, 3.63) is 0 Å². The van der Waals surface area contributed by atoms with Crippen LogP contribution < -0.4 is 11.1 Å². The molecule has 2 atom stereocenters. The highest BCUT2D eigenvalue weighted by molar-refractivity contribution is 4.84. The molecule has 0 bridgehead atoms. The smallest absolute Gasteiger partial charge is 0.366 e. The third kappa shape index (κ3) is 2.96. The quantitative estimate of drug-likeness (QED) is 0.628. The lowest BCUT2D eigenvalue weighted by Crippen LogP contribution is -2.37. The molecule has 0 spiro atoms. The van der Waals surface area contributed by atoms with E-state index < -0.39 is 18.9 Å². The van der Waals surface area contributed by atoms with Gasteiger partial charge in [-0.2, -0.15) is 13.2 Å². The van der Waals surface area contributed by atoms with E-state index in [1.54, 1.807) is 0 Å². The standard InChI is InChI=1S/C6H11F3N2O/c7-6(8,9)3-12-5-2-11-1-4(5)10/h4-5,11H,1-3,10H2. The summed E-state index contributed by atoms with van der Waals surface area (Å²) in [5.74, 6) is 0. The lowest BCUT2D eigenvalue weighted by molar-refractivity contribution is -0.184. The fourth-order valence-electron chi connectivity index (χ4n) is 1.06. The van der Waals surface area contributed by atoms with Crippen LogP contribution in [0.25, 0.3) is 0 Å². The van der Waals surface area contributed by atoms with Crippen LogP contribution in [0.5, 0.6) is 0 Å². The van der Waals surface area contributed by atoms with Gasteiger partial charge in [0.25, 0.3) is 0 Å². The van der Waals surface area contributed by atoms with Crippen molar-refractivity contribution >= 4 is 0 Å². The zero-order valence-electron chi connectivity index (χ0n) is 6.40. The van der Waals surface area contributed by atoms with Crippen molar-refractivity contribution in [2.45, 2.75) is 18.3 Å². The van der Waals surface area contributed by atoms with Crippen LogP contribution in [-0.2, 0) is 4.74 Å². The van der Waals surface area contributed by atoms with Gasteiger partial charge in [-0.1, -0.05) is 0 Å². The van der Waals surface area contributed by atoms with Crippen molar-refractivity contribution in [1.82, 2.24) is 5.32 Å². The zero-order valence-corrected chi connectivity index (χ0v) is 6.40. The van der Waals surface area contributed by atoms with Crippen molar-refractivity contribution < 1.29 is 17.9 Å². The number of ether oxygens (including phenoxy) is 1. The highest BCUT2D eigenvalue weighted by Gasteiger charge is 2.32. The summed E-state index contributed by atoms with van der Waals surface area (Å²) in [6.45, 7) is -0.299. The van der Waals surface area contributed by atoms with Gasteiger partial charge in [0.05, 0.1) is 6.10 Å². The summed E-state index contributed by atoms with van der Waals surface area (Å²) in [7, 11) is 0. The van der Waals surface area contributed by atoms with E-state index in [9.17, 15) is 13.2 Å². The molecule has 0 saturated carbocycles. The van der Waals surface area contributed by atoms with Crippen LogP contribution in [0.1, 0.15) is 0 Å². The fraction of sp³-hybridized carbons (Fsp3) is 1.00. The van der Waals surface area contributed by atoms with E-state index >= 15 is 0 Å². The third-order valence-corrected chi connectivity index (χ3v) is 1.66. The maximum atomic E-state index is 11.6. The van der Waals surface area contributed by atoms with Gasteiger partial charge in [0.2, 0.25) is 0 Å². The van der Waals surface area contributed by atoms with Crippen LogP contribution in [0.3, 0.4) is 0 Å². The predicted molar refractivity (Wildman–Crippen MR) is 36.6 cm³/mol. The zero-order chi connectivity index (χ0) is 9.19. The maximum Gasteiger partial charge on any atom is 0.411 e. The minimum atomic E-state index is -4.26. The molecule has 72 valence electrons. The fourth-order valence-corrected chi connectivity index (χ4v) is 1.06. The van der Waals surface area contributed by atoms with Gasteiger partial charge >= 0.3 is 6.18 Å². The Balaban J connectivity index is 2.23. The molecule has 0 aliphatic carbocycles. The summed E-state index contributed by atoms with van der Waals surface area (Å²) in [6, 6.07) is -0.327. The molecule has 0 aromatic carbocycles. The highest BCUT2D eigenvalue weighted by atomic mass is 19.4. The van der Waals surface area contributed by atoms with Gasteiger partial charge in [-0.3, -0.25) is 0 Å². The lowest BCUT2D eigenvalue weighted by Gasteiger charge is -2.16. The first kappa shape index (κ1) is 9.76. The molecule has 1 fully saturated rings. The molecule has 1 rings (SSSR count). The molecule has 3 nitrogen and oxygen atoms in total. The van der Waals surface area contributed by atoms with Gasteiger partial charge < -0.3 is 15.8 Å². The van der Waals surface area contributed by atoms with Gasteiger partial charge in [-0.25, -0.2) is 0 Å². The van der Waals surface area contributed by atoms with Gasteiger partial charge in [-0.05, 0) is 0 Å². The number of nitrogens with one attached hydrogen (secondary N) is 1. The van der Waals surface area contributed by atoms with Gasteiger partial charge in [0, 0.05) is 19.1 Å². The Morgan fingerprint density at radius 2 is 2.08 bits per heavy atom. The monoisotopic (exact) mass is 184 g/mol. The summed E-state index contributed by atoms with van der Waals surface area (Å²) < 4.78 is 39.5. The van der Waals surface area contributed by atoms with Crippen molar-refractivity contribution in [3.8, 4) is 0 Å². The highest BCUT2D eigenvalue weighted by Crippen LogP contribution is 2.16. The van der Waals surface area contributed by atoms with Crippen LogP contribution >= 0.6 is 0 Å². The second-order valence-corrected chi connectivity index (χ2v) is 2.79. The first-order valence-corrected chi connectivity index (χ1v) is 3.64. The second-order valence-electron chi connectivity index (χ2n) is 2.79. The molecule has 1 heterocycles. The molecule has 0 amide bonds. The molecular weight excluding hydrogens is 173 g/mol. The van der Waals surface area contributed by atoms with Crippen LogP contribution in [0.4, 0.5) is 13.2 Å². The van der Waals surface area contributed by atoms with E-state index in [-0.39, 0.29) is 6.04 Å². The van der Waals surface area contributed by atoms with E-state index in [2.05, 4.69) is 10.1 Å². The number of nitrogens with two attached hydrogens (primary N) is 1. The maximum absolute atomic E-state index is 11.6. The molecular formula is C6H11F3N2O. The Kier molecular flexibility index (Phi) is 2.92. The summed E-state index contributed by atoms with van der Waals surface area (Å²) in [5, 5.41) is 2.84. The SMILES string of the molecule is NC1CNCC1OCC(F)(F)F.